The molecule has 0 aliphatic heterocycles. The van der Waals surface area contributed by atoms with Gasteiger partial charge in [0.2, 0.25) is 0 Å². The zero-order valence-electron chi connectivity index (χ0n) is 20.1. The number of allylic oxidation sites excluding steroid dienone is 1. The van der Waals surface area contributed by atoms with Gasteiger partial charge >= 0.3 is 6.03 Å². The molecule has 8 heteroatoms. The Hall–Kier alpha value is -4.17. The molecule has 1 N–H and O–H groups in total. The van der Waals surface area contributed by atoms with Crippen molar-refractivity contribution in [1.82, 2.24) is 14.9 Å². The van der Waals surface area contributed by atoms with E-state index in [1.54, 1.807) is 30.5 Å². The van der Waals surface area contributed by atoms with Crippen molar-refractivity contribution in [2.45, 2.75) is 18.4 Å². The fourth-order valence-electron chi connectivity index (χ4n) is 3.51. The van der Waals surface area contributed by atoms with Gasteiger partial charge in [-0.3, -0.25) is 4.57 Å². The zero-order chi connectivity index (χ0) is 25.5. The molecular weight excluding hydrogens is 474 g/mol. The summed E-state index contributed by atoms with van der Waals surface area (Å²) in [7, 11) is -3.22. The number of carbonyl (C=O) groups is 1. The van der Waals surface area contributed by atoms with Crippen LogP contribution in [0.5, 0.6) is 5.75 Å². The summed E-state index contributed by atoms with van der Waals surface area (Å²) in [5.41, 5.74) is 4.60. The highest BCUT2D eigenvalue weighted by Gasteiger charge is 2.09. The van der Waals surface area contributed by atoms with Crippen LogP contribution in [0.1, 0.15) is 18.1 Å². The molecule has 7 nitrogen and oxygen atoms in total. The number of carbonyl (C=O) groups excluding carboxylic acids is 1. The summed E-state index contributed by atoms with van der Waals surface area (Å²) in [5, 5.41) is 2.87. The van der Waals surface area contributed by atoms with Gasteiger partial charge in [-0.15, -0.1) is 0 Å². The number of amides is 1. The van der Waals surface area contributed by atoms with E-state index in [-0.39, 0.29) is 10.9 Å². The van der Waals surface area contributed by atoms with E-state index in [2.05, 4.69) is 10.3 Å². The van der Waals surface area contributed by atoms with E-state index in [0.29, 0.717) is 24.6 Å². The largest absolute Gasteiger partial charge is 0.489 e. The molecule has 184 valence electrons. The predicted molar refractivity (Wildman–Crippen MR) is 140 cm³/mol. The smallest absolute Gasteiger partial charge is 0.327 e. The van der Waals surface area contributed by atoms with Gasteiger partial charge in [0.05, 0.1) is 10.6 Å². The van der Waals surface area contributed by atoms with E-state index in [0.717, 1.165) is 22.3 Å². The van der Waals surface area contributed by atoms with Gasteiger partial charge in [0.1, 0.15) is 18.7 Å². The summed E-state index contributed by atoms with van der Waals surface area (Å²) >= 11 is 0. The minimum atomic E-state index is -3.22. The first-order valence-corrected chi connectivity index (χ1v) is 13.3. The first kappa shape index (κ1) is 24.9. The van der Waals surface area contributed by atoms with E-state index in [4.69, 9.17) is 4.74 Å². The molecule has 0 saturated carbocycles. The number of benzene rings is 3. The summed E-state index contributed by atoms with van der Waals surface area (Å²) in [4.78, 5) is 17.1. The van der Waals surface area contributed by atoms with Gasteiger partial charge in [-0.1, -0.05) is 48.5 Å². The van der Waals surface area contributed by atoms with E-state index in [9.17, 15) is 13.2 Å². The third-order valence-corrected chi connectivity index (χ3v) is 6.74. The molecule has 1 heterocycles. The lowest BCUT2D eigenvalue weighted by atomic mass is 10.1. The predicted octanol–water partition coefficient (Wildman–Crippen LogP) is 5.19. The molecule has 0 radical (unpaired) electrons. The minimum Gasteiger partial charge on any atom is -0.489 e. The number of rotatable bonds is 8. The number of imidazole rings is 1. The van der Waals surface area contributed by atoms with Crippen molar-refractivity contribution in [2.24, 2.45) is 0 Å². The Balaban J connectivity index is 1.31. The highest BCUT2D eigenvalue weighted by atomic mass is 32.2. The second-order valence-electron chi connectivity index (χ2n) is 8.33. The fraction of sp³-hybridized carbons (Fsp3) is 0.143. The van der Waals surface area contributed by atoms with Crippen molar-refractivity contribution in [1.29, 1.82) is 0 Å². The van der Waals surface area contributed by atoms with Crippen molar-refractivity contribution < 1.29 is 17.9 Å². The number of nitrogens with one attached hydrogen (secondary N) is 1. The summed E-state index contributed by atoms with van der Waals surface area (Å²) in [6.07, 6.45) is 6.33. The molecule has 0 bridgehead atoms. The molecule has 0 aliphatic rings. The zero-order valence-corrected chi connectivity index (χ0v) is 20.9. The van der Waals surface area contributed by atoms with Crippen LogP contribution < -0.4 is 10.1 Å². The first-order valence-electron chi connectivity index (χ1n) is 11.4. The van der Waals surface area contributed by atoms with Crippen LogP contribution in [0.4, 0.5) is 4.79 Å². The van der Waals surface area contributed by atoms with Gasteiger partial charge in [-0.05, 0) is 60.0 Å². The molecule has 1 aromatic heterocycles. The van der Waals surface area contributed by atoms with Gasteiger partial charge in [0.15, 0.2) is 9.84 Å². The molecule has 4 rings (SSSR count). The van der Waals surface area contributed by atoms with E-state index in [1.165, 1.54) is 17.2 Å². The van der Waals surface area contributed by atoms with Crippen molar-refractivity contribution in [3.05, 3.63) is 109 Å². The number of hydrogen-bond donors (Lipinski definition) is 1. The van der Waals surface area contributed by atoms with Crippen LogP contribution in [0.3, 0.4) is 0 Å². The minimum absolute atomic E-state index is 0.257. The highest BCUT2D eigenvalue weighted by molar-refractivity contribution is 7.90. The quantitative estimate of drug-likeness (QED) is 0.359. The lowest BCUT2D eigenvalue weighted by Crippen LogP contribution is -2.27. The highest BCUT2D eigenvalue weighted by Crippen LogP contribution is 2.22. The Morgan fingerprint density at radius 1 is 1.00 bits per heavy atom. The average Bonchev–Trinajstić information content (AvgIpc) is 3.38. The maximum Gasteiger partial charge on any atom is 0.327 e. The Morgan fingerprint density at radius 2 is 1.69 bits per heavy atom. The number of sulfone groups is 1. The topological polar surface area (TPSA) is 90.3 Å². The second kappa shape index (κ2) is 11.0. The van der Waals surface area contributed by atoms with Crippen LogP contribution in [0, 0.1) is 0 Å². The molecule has 0 aliphatic carbocycles. The van der Waals surface area contributed by atoms with Gasteiger partial charge in [0.25, 0.3) is 0 Å². The Kier molecular flexibility index (Phi) is 7.65. The SMILES string of the molecule is C/C(=C\CNC(=O)n1cnc(-c2ccc(OCc3ccc(S(C)(=O)=O)cc3)cc2)c1)c1ccccc1. The molecule has 3 aromatic carbocycles. The molecule has 4 aromatic rings. The third-order valence-electron chi connectivity index (χ3n) is 5.61. The normalized spacial score (nSPS) is 11.8. The van der Waals surface area contributed by atoms with Crippen molar-refractivity contribution in [2.75, 3.05) is 12.8 Å². The number of hydrogen-bond acceptors (Lipinski definition) is 5. The maximum atomic E-state index is 12.5. The summed E-state index contributed by atoms with van der Waals surface area (Å²) in [6, 6.07) is 23.8. The molecule has 0 fully saturated rings. The van der Waals surface area contributed by atoms with Crippen molar-refractivity contribution in [3.63, 3.8) is 0 Å². The van der Waals surface area contributed by atoms with Crippen LogP contribution in [-0.4, -0.2) is 36.8 Å². The monoisotopic (exact) mass is 501 g/mol. The summed E-state index contributed by atoms with van der Waals surface area (Å²) in [5.74, 6) is 0.670. The Labute approximate surface area is 211 Å². The number of nitrogens with zero attached hydrogens (tertiary/aromatic N) is 2. The molecule has 1 amide bonds. The third kappa shape index (κ3) is 6.49. The summed E-state index contributed by atoms with van der Waals surface area (Å²) in [6.45, 7) is 2.74. The molecule has 0 spiro atoms. The molecule has 0 atom stereocenters. The number of ether oxygens (including phenoxy) is 1. The lowest BCUT2D eigenvalue weighted by Gasteiger charge is -2.07. The Morgan fingerprint density at radius 3 is 2.36 bits per heavy atom. The van der Waals surface area contributed by atoms with Gasteiger partial charge in [-0.2, -0.15) is 0 Å². The van der Waals surface area contributed by atoms with Gasteiger partial charge in [-0.25, -0.2) is 18.2 Å². The number of aromatic nitrogens is 2. The molecule has 36 heavy (non-hydrogen) atoms. The van der Waals surface area contributed by atoms with Crippen LogP contribution in [0.2, 0.25) is 0 Å². The second-order valence-corrected chi connectivity index (χ2v) is 10.4. The molecule has 0 unspecified atom stereocenters. The molecule has 0 saturated heterocycles. The van der Waals surface area contributed by atoms with Crippen molar-refractivity contribution >= 4 is 21.4 Å². The first-order chi connectivity index (χ1) is 17.3. The van der Waals surface area contributed by atoms with E-state index >= 15 is 0 Å². The molecular formula is C28H27N3O4S. The lowest BCUT2D eigenvalue weighted by molar-refractivity contribution is 0.243. The average molecular weight is 502 g/mol. The van der Waals surface area contributed by atoms with Crippen LogP contribution in [-0.2, 0) is 16.4 Å². The van der Waals surface area contributed by atoms with Crippen molar-refractivity contribution in [3.8, 4) is 17.0 Å². The van der Waals surface area contributed by atoms with Crippen LogP contribution in [0.25, 0.3) is 16.8 Å². The Bertz CT molecular complexity index is 1460. The maximum absolute atomic E-state index is 12.5. The standard InChI is InChI=1S/C28H27N3O4S/c1-21(23-6-4-3-5-7-23)16-17-29-28(32)31-18-27(30-20-31)24-10-12-25(13-11-24)35-19-22-8-14-26(15-9-22)36(2,33)34/h3-16,18,20H,17,19H2,1-2H3,(H,29,32)/b21-16+. The van der Waals surface area contributed by atoms with Crippen LogP contribution >= 0.6 is 0 Å². The van der Waals surface area contributed by atoms with Gasteiger partial charge in [0, 0.05) is 24.6 Å². The summed E-state index contributed by atoms with van der Waals surface area (Å²) < 4.78 is 30.4. The fourth-order valence-corrected chi connectivity index (χ4v) is 4.14. The van der Waals surface area contributed by atoms with Gasteiger partial charge < -0.3 is 10.1 Å². The van der Waals surface area contributed by atoms with Crippen LogP contribution in [0.15, 0.2) is 102 Å². The van der Waals surface area contributed by atoms with E-state index < -0.39 is 9.84 Å². The van der Waals surface area contributed by atoms with E-state index in [1.807, 2.05) is 67.6 Å².